The van der Waals surface area contributed by atoms with Gasteiger partial charge in [-0.1, -0.05) is 18.7 Å². The normalized spacial score (nSPS) is 33.5. The highest BCUT2D eigenvalue weighted by atomic mass is 32.2. The molecule has 1 aromatic rings. The van der Waals surface area contributed by atoms with Crippen LogP contribution in [0.25, 0.3) is 0 Å². The Bertz CT molecular complexity index is 742. The average Bonchev–Trinajstić information content (AvgIpc) is 2.95. The smallest absolute Gasteiger partial charge is 0.388 e. The van der Waals surface area contributed by atoms with Crippen molar-refractivity contribution in [3.63, 3.8) is 0 Å². The van der Waals surface area contributed by atoms with Crippen LogP contribution in [0, 0.1) is 17.2 Å². The summed E-state index contributed by atoms with van der Waals surface area (Å²) in [5, 5.41) is 19.2. The number of nitriles is 1. The largest absolute Gasteiger partial charge is 0.434 e. The van der Waals surface area contributed by atoms with Crippen molar-refractivity contribution in [1.82, 2.24) is 4.98 Å². The van der Waals surface area contributed by atoms with Crippen LogP contribution in [0.3, 0.4) is 0 Å². The first-order valence-electron chi connectivity index (χ1n) is 8.32. The Hall–Kier alpha value is -1.38. The van der Waals surface area contributed by atoms with Gasteiger partial charge in [-0.2, -0.15) is 18.4 Å². The zero-order valence-electron chi connectivity index (χ0n) is 14.7. The van der Waals surface area contributed by atoms with Gasteiger partial charge in [-0.3, -0.25) is 0 Å². The molecule has 1 aromatic heterocycles. The molecule has 0 amide bonds. The van der Waals surface area contributed by atoms with E-state index in [1.807, 2.05) is 6.92 Å². The average molecular weight is 404 g/mol. The van der Waals surface area contributed by atoms with E-state index in [0.717, 1.165) is 24.0 Å². The lowest BCUT2D eigenvalue weighted by molar-refractivity contribution is -0.166. The van der Waals surface area contributed by atoms with Crippen LogP contribution in [0.4, 0.5) is 13.2 Å². The molecule has 0 radical (unpaired) electrons. The van der Waals surface area contributed by atoms with Crippen molar-refractivity contribution >= 4 is 11.8 Å². The van der Waals surface area contributed by atoms with Crippen LogP contribution in [-0.4, -0.2) is 53.7 Å². The highest BCUT2D eigenvalue weighted by molar-refractivity contribution is 8.00. The number of methoxy groups -OCH3 is 1. The van der Waals surface area contributed by atoms with Gasteiger partial charge in [-0.05, 0) is 18.4 Å². The highest BCUT2D eigenvalue weighted by Crippen LogP contribution is 2.47. The van der Waals surface area contributed by atoms with Gasteiger partial charge in [0.1, 0.15) is 23.2 Å². The summed E-state index contributed by atoms with van der Waals surface area (Å²) < 4.78 is 55.9. The van der Waals surface area contributed by atoms with E-state index in [0.29, 0.717) is 11.3 Å². The van der Waals surface area contributed by atoms with Crippen LogP contribution in [0.5, 0.6) is 0 Å². The third-order valence-corrected chi connectivity index (χ3v) is 5.84. The van der Waals surface area contributed by atoms with Gasteiger partial charge in [0.25, 0.3) is 0 Å². The molecule has 6 nitrogen and oxygen atoms in total. The predicted octanol–water partition coefficient (Wildman–Crippen LogP) is 2.59. The maximum Gasteiger partial charge on any atom is 0.434 e. The van der Waals surface area contributed by atoms with Crippen LogP contribution in [0.15, 0.2) is 17.2 Å². The Balaban J connectivity index is 1.90. The van der Waals surface area contributed by atoms with Crippen molar-refractivity contribution in [2.45, 2.75) is 47.7 Å². The van der Waals surface area contributed by atoms with Crippen molar-refractivity contribution < 1.29 is 32.5 Å². The third kappa shape index (κ3) is 4.07. The van der Waals surface area contributed by atoms with Crippen LogP contribution in [0.2, 0.25) is 0 Å². The Morgan fingerprint density at radius 3 is 2.85 bits per heavy atom. The monoisotopic (exact) mass is 404 g/mol. The summed E-state index contributed by atoms with van der Waals surface area (Å²) in [6, 6.07) is 2.70. The molecule has 0 saturated carbocycles. The van der Waals surface area contributed by atoms with Gasteiger partial charge in [-0.15, -0.1) is 0 Å². The highest BCUT2D eigenvalue weighted by Gasteiger charge is 2.52. The molecule has 2 fully saturated rings. The number of aromatic nitrogens is 1. The number of hydrogen-bond donors (Lipinski definition) is 1. The molecule has 3 heterocycles. The topological polar surface area (TPSA) is 84.6 Å². The lowest BCUT2D eigenvalue weighted by atomic mass is 9.89. The van der Waals surface area contributed by atoms with Gasteiger partial charge in [-0.25, -0.2) is 4.98 Å². The Morgan fingerprint density at radius 2 is 2.22 bits per heavy atom. The van der Waals surface area contributed by atoms with E-state index in [-0.39, 0.29) is 25.2 Å². The minimum atomic E-state index is -4.70. The first-order valence-corrected chi connectivity index (χ1v) is 9.13. The number of alkyl halides is 3. The standard InChI is InChI=1S/C17H19F3N2O4S/c1-9-4-16(8-24-2,26-14-12(23)7-25-13(9)14)27-11-3-10(5-21)15(22-6-11)17(18,19)20/h3,6,9,12-14,23H,4,7-8H2,1-2H3/t9?,12?,13-,14?,16?/m1/s1. The molecular formula is C17H19F3N2O4S. The van der Waals surface area contributed by atoms with E-state index < -0.39 is 34.6 Å². The predicted molar refractivity (Wildman–Crippen MR) is 88.8 cm³/mol. The summed E-state index contributed by atoms with van der Waals surface area (Å²) in [4.78, 5) is 2.86. The van der Waals surface area contributed by atoms with Crippen LogP contribution < -0.4 is 0 Å². The molecule has 0 aliphatic carbocycles. The van der Waals surface area contributed by atoms with Crippen molar-refractivity contribution in [2.75, 3.05) is 20.3 Å². The first kappa shape index (κ1) is 20.4. The second-order valence-electron chi connectivity index (χ2n) is 6.75. The van der Waals surface area contributed by atoms with Gasteiger partial charge < -0.3 is 19.3 Å². The molecule has 148 valence electrons. The SMILES string of the molecule is COCC1(Sc2cnc(C(F)(F)F)c(C#N)c2)CC(C)[C@H]2OCC(O)C2O1. The summed E-state index contributed by atoms with van der Waals surface area (Å²) in [5.74, 6) is 0.0430. The molecular weight excluding hydrogens is 385 g/mol. The molecule has 2 aliphatic heterocycles. The number of aliphatic hydroxyl groups excluding tert-OH is 1. The fourth-order valence-electron chi connectivity index (χ4n) is 3.59. The summed E-state index contributed by atoms with van der Waals surface area (Å²) in [6.07, 6.45) is -4.70. The molecule has 27 heavy (non-hydrogen) atoms. The molecule has 5 atom stereocenters. The third-order valence-electron chi connectivity index (χ3n) is 4.63. The molecule has 0 bridgehead atoms. The van der Waals surface area contributed by atoms with Gasteiger partial charge in [0, 0.05) is 18.2 Å². The first-order chi connectivity index (χ1) is 12.7. The minimum absolute atomic E-state index is 0.0430. The lowest BCUT2D eigenvalue weighted by Crippen LogP contribution is -2.52. The van der Waals surface area contributed by atoms with Gasteiger partial charge in [0.15, 0.2) is 5.69 Å². The number of hydrogen-bond acceptors (Lipinski definition) is 7. The van der Waals surface area contributed by atoms with Crippen LogP contribution >= 0.6 is 11.8 Å². The Labute approximate surface area is 158 Å². The van der Waals surface area contributed by atoms with E-state index in [1.165, 1.54) is 7.11 Å². The molecule has 2 aliphatic rings. The van der Waals surface area contributed by atoms with Gasteiger partial charge in [0.05, 0.1) is 24.9 Å². The zero-order valence-corrected chi connectivity index (χ0v) is 15.5. The number of aliphatic hydroxyl groups is 1. The van der Waals surface area contributed by atoms with Gasteiger partial charge in [0.2, 0.25) is 0 Å². The Morgan fingerprint density at radius 1 is 1.48 bits per heavy atom. The van der Waals surface area contributed by atoms with Crippen molar-refractivity contribution in [1.29, 1.82) is 5.26 Å². The second-order valence-corrected chi connectivity index (χ2v) is 8.17. The van der Waals surface area contributed by atoms with Crippen LogP contribution in [0.1, 0.15) is 24.6 Å². The molecule has 2 saturated heterocycles. The van der Waals surface area contributed by atoms with Crippen molar-refractivity contribution in [3.8, 4) is 6.07 Å². The van der Waals surface area contributed by atoms with E-state index in [1.54, 1.807) is 6.07 Å². The molecule has 1 N–H and O–H groups in total. The summed E-state index contributed by atoms with van der Waals surface area (Å²) in [7, 11) is 1.50. The number of nitrogens with zero attached hydrogens (tertiary/aromatic N) is 2. The van der Waals surface area contributed by atoms with E-state index in [9.17, 15) is 18.3 Å². The summed E-state index contributed by atoms with van der Waals surface area (Å²) in [6.45, 7) is 2.30. The summed E-state index contributed by atoms with van der Waals surface area (Å²) in [5.41, 5.74) is -1.77. The Kier molecular flexibility index (Phi) is 5.70. The number of halogens is 3. The lowest BCUT2D eigenvalue weighted by Gasteiger charge is -2.44. The maximum absolute atomic E-state index is 13.0. The van der Waals surface area contributed by atoms with Crippen molar-refractivity contribution in [3.05, 3.63) is 23.5 Å². The maximum atomic E-state index is 13.0. The molecule has 3 rings (SSSR count). The minimum Gasteiger partial charge on any atom is -0.388 e. The fourth-order valence-corrected chi connectivity index (χ4v) is 4.98. The number of thioether (sulfide) groups is 1. The van der Waals surface area contributed by atoms with Gasteiger partial charge >= 0.3 is 6.18 Å². The van der Waals surface area contributed by atoms with Crippen LogP contribution in [-0.2, 0) is 20.4 Å². The second kappa shape index (κ2) is 7.56. The fraction of sp³-hybridized carbons (Fsp3) is 0.647. The van der Waals surface area contributed by atoms with E-state index in [4.69, 9.17) is 19.5 Å². The summed E-state index contributed by atoms with van der Waals surface area (Å²) >= 11 is 1.15. The number of pyridine rings is 1. The molecule has 4 unspecified atom stereocenters. The molecule has 0 aromatic carbocycles. The number of rotatable bonds is 4. The molecule has 10 heteroatoms. The number of ether oxygens (including phenoxy) is 3. The van der Waals surface area contributed by atoms with Crippen molar-refractivity contribution in [2.24, 2.45) is 5.92 Å². The number of fused-ring (bicyclic) bond motifs is 1. The quantitative estimate of drug-likeness (QED) is 0.826. The van der Waals surface area contributed by atoms with E-state index in [2.05, 4.69) is 4.98 Å². The zero-order chi connectivity index (χ0) is 19.8. The van der Waals surface area contributed by atoms with E-state index >= 15 is 0 Å². The molecule has 0 spiro atoms.